The predicted molar refractivity (Wildman–Crippen MR) is 154 cm³/mol. The predicted octanol–water partition coefficient (Wildman–Crippen LogP) is 4.90. The molecule has 3 aliphatic rings. The lowest BCUT2D eigenvalue weighted by Crippen LogP contribution is -2.45. The van der Waals surface area contributed by atoms with E-state index in [1.165, 1.54) is 6.07 Å². The molecule has 210 valence electrons. The van der Waals surface area contributed by atoms with E-state index in [9.17, 15) is 19.6 Å². The van der Waals surface area contributed by atoms with Gasteiger partial charge in [-0.3, -0.25) is 19.1 Å². The van der Waals surface area contributed by atoms with Crippen molar-refractivity contribution in [3.8, 4) is 6.07 Å². The average molecular weight is 571 g/mol. The number of hydrogen-bond acceptors (Lipinski definition) is 5. The monoisotopic (exact) mass is 570 g/mol. The minimum Gasteiger partial charge on any atom is -0.331 e. The van der Waals surface area contributed by atoms with Crippen molar-refractivity contribution in [2.45, 2.75) is 64.7 Å². The quantitative estimate of drug-likeness (QED) is 0.444. The summed E-state index contributed by atoms with van der Waals surface area (Å²) in [4.78, 5) is 45.2. The lowest BCUT2D eigenvalue weighted by Gasteiger charge is -2.37. The summed E-state index contributed by atoms with van der Waals surface area (Å²) >= 11 is 6.09. The van der Waals surface area contributed by atoms with Crippen LogP contribution >= 0.6 is 11.6 Å². The Morgan fingerprint density at radius 1 is 1.12 bits per heavy atom. The molecule has 3 aliphatic heterocycles. The van der Waals surface area contributed by atoms with Crippen molar-refractivity contribution in [3.63, 3.8) is 0 Å². The van der Waals surface area contributed by atoms with E-state index in [2.05, 4.69) is 6.92 Å². The maximum atomic E-state index is 14.0. The molecule has 3 atom stereocenters. The van der Waals surface area contributed by atoms with E-state index in [4.69, 9.17) is 16.7 Å². The van der Waals surface area contributed by atoms with Gasteiger partial charge in [0.15, 0.2) is 0 Å². The zero-order chi connectivity index (χ0) is 29.0. The number of fused-ring (bicyclic) bond motifs is 3. The molecular weight excluding hydrogens is 540 g/mol. The van der Waals surface area contributed by atoms with Gasteiger partial charge < -0.3 is 14.7 Å². The van der Waals surface area contributed by atoms with Crippen LogP contribution in [0.5, 0.6) is 0 Å². The van der Waals surface area contributed by atoms with E-state index in [1.807, 2.05) is 58.7 Å². The highest BCUT2D eigenvalue weighted by atomic mass is 35.5. The van der Waals surface area contributed by atoms with Gasteiger partial charge in [-0.05, 0) is 63.1 Å². The minimum absolute atomic E-state index is 0.0360. The van der Waals surface area contributed by atoms with Crippen molar-refractivity contribution < 1.29 is 14.4 Å². The van der Waals surface area contributed by atoms with Gasteiger partial charge in [-0.2, -0.15) is 10.4 Å². The number of benzene rings is 2. The number of rotatable bonds is 4. The zero-order valence-corrected chi connectivity index (χ0v) is 24.1. The first-order chi connectivity index (χ1) is 19.7. The Kier molecular flexibility index (Phi) is 6.82. The number of amides is 3. The highest BCUT2D eigenvalue weighted by Gasteiger charge is 2.40. The number of anilines is 1. The second-order valence-corrected chi connectivity index (χ2v) is 11.6. The Bertz CT molecular complexity index is 1610. The van der Waals surface area contributed by atoms with Crippen molar-refractivity contribution in [1.29, 1.82) is 5.26 Å². The summed E-state index contributed by atoms with van der Waals surface area (Å²) in [5.41, 5.74) is 4.67. The van der Waals surface area contributed by atoms with Gasteiger partial charge in [0.1, 0.15) is 11.8 Å². The fraction of sp³-hybridized carbons (Fsp3) is 0.387. The molecule has 3 aromatic rings. The number of nitrogens with zero attached hydrogens (tertiary/aromatic N) is 6. The molecule has 4 heterocycles. The molecule has 1 aromatic heterocycles. The van der Waals surface area contributed by atoms with Crippen molar-refractivity contribution >= 4 is 35.0 Å². The van der Waals surface area contributed by atoms with Crippen LogP contribution in [0.4, 0.5) is 5.69 Å². The lowest BCUT2D eigenvalue weighted by atomic mass is 9.96. The second-order valence-electron chi connectivity index (χ2n) is 11.2. The first kappa shape index (κ1) is 27.0. The Morgan fingerprint density at radius 2 is 1.88 bits per heavy atom. The van der Waals surface area contributed by atoms with Crippen molar-refractivity contribution in [2.75, 3.05) is 18.0 Å². The third kappa shape index (κ3) is 4.56. The Balaban J connectivity index is 1.27. The molecule has 3 amide bonds. The van der Waals surface area contributed by atoms with Gasteiger partial charge in [0.05, 0.1) is 34.9 Å². The maximum Gasteiger partial charge on any atom is 0.273 e. The molecule has 0 aliphatic carbocycles. The van der Waals surface area contributed by atoms with Gasteiger partial charge in [-0.25, -0.2) is 0 Å². The first-order valence-corrected chi connectivity index (χ1v) is 14.4. The fourth-order valence-corrected chi connectivity index (χ4v) is 6.40. The zero-order valence-electron chi connectivity index (χ0n) is 23.3. The van der Waals surface area contributed by atoms with Gasteiger partial charge in [-0.15, -0.1) is 0 Å². The minimum atomic E-state index is -0.214. The van der Waals surface area contributed by atoms with E-state index in [0.29, 0.717) is 35.7 Å². The largest absolute Gasteiger partial charge is 0.331 e. The third-order valence-corrected chi connectivity index (χ3v) is 8.94. The maximum absolute atomic E-state index is 14.0. The Hall–Kier alpha value is -4.16. The van der Waals surface area contributed by atoms with Gasteiger partial charge in [0.2, 0.25) is 5.91 Å². The molecule has 0 radical (unpaired) electrons. The van der Waals surface area contributed by atoms with Crippen LogP contribution in [0.25, 0.3) is 0 Å². The number of carbonyl (C=O) groups excluding carboxylic acids is 3. The second kappa shape index (κ2) is 10.3. The van der Waals surface area contributed by atoms with Crippen LogP contribution in [0.3, 0.4) is 0 Å². The highest BCUT2D eigenvalue weighted by Crippen LogP contribution is 2.36. The van der Waals surface area contributed by atoms with Crippen molar-refractivity contribution in [3.05, 3.63) is 81.1 Å². The van der Waals surface area contributed by atoms with Crippen LogP contribution in [0.15, 0.2) is 42.5 Å². The summed E-state index contributed by atoms with van der Waals surface area (Å²) in [5, 5.41) is 14.5. The summed E-state index contributed by atoms with van der Waals surface area (Å²) in [6.07, 6.45) is 1.99. The molecule has 0 spiro atoms. The van der Waals surface area contributed by atoms with Gasteiger partial charge in [-0.1, -0.05) is 23.7 Å². The summed E-state index contributed by atoms with van der Waals surface area (Å²) in [5.74, 6) is -0.176. The van der Waals surface area contributed by atoms with Crippen LogP contribution < -0.4 is 4.90 Å². The molecule has 0 bridgehead atoms. The normalized spacial score (nSPS) is 21.0. The summed E-state index contributed by atoms with van der Waals surface area (Å²) in [6, 6.07) is 14.3. The van der Waals surface area contributed by atoms with Gasteiger partial charge in [0, 0.05) is 48.8 Å². The molecule has 0 saturated carbocycles. The molecular formula is C31H31ClN6O3. The fourth-order valence-electron chi connectivity index (χ4n) is 6.24. The highest BCUT2D eigenvalue weighted by molar-refractivity contribution is 6.31. The van der Waals surface area contributed by atoms with Gasteiger partial charge >= 0.3 is 0 Å². The molecule has 6 rings (SSSR count). The van der Waals surface area contributed by atoms with Crippen LogP contribution in [-0.2, 0) is 17.8 Å². The summed E-state index contributed by atoms with van der Waals surface area (Å²) in [7, 11) is 0. The molecule has 0 unspecified atom stereocenters. The molecule has 1 fully saturated rings. The molecule has 0 N–H and O–H groups in total. The summed E-state index contributed by atoms with van der Waals surface area (Å²) < 4.78 is 1.83. The van der Waals surface area contributed by atoms with Gasteiger partial charge in [0.25, 0.3) is 11.8 Å². The smallest absolute Gasteiger partial charge is 0.273 e. The van der Waals surface area contributed by atoms with Crippen molar-refractivity contribution in [1.82, 2.24) is 19.6 Å². The molecule has 1 saturated heterocycles. The number of carbonyl (C=O) groups is 3. The Labute approximate surface area is 243 Å². The average Bonchev–Trinajstić information content (AvgIpc) is 3.57. The third-order valence-electron chi connectivity index (χ3n) is 8.61. The molecule has 10 heteroatoms. The Morgan fingerprint density at radius 3 is 2.56 bits per heavy atom. The summed E-state index contributed by atoms with van der Waals surface area (Å²) in [6.45, 7) is 7.55. The molecule has 41 heavy (non-hydrogen) atoms. The topological polar surface area (TPSA) is 103 Å². The molecule has 9 nitrogen and oxygen atoms in total. The van der Waals surface area contributed by atoms with Crippen LogP contribution in [0, 0.1) is 11.3 Å². The van der Waals surface area contributed by atoms with E-state index in [0.717, 1.165) is 35.5 Å². The number of halogens is 1. The van der Waals surface area contributed by atoms with Crippen molar-refractivity contribution in [2.24, 2.45) is 0 Å². The first-order valence-electron chi connectivity index (χ1n) is 14.0. The SMILES string of the molecule is C[C@@H]1Cc2nn3c(c2CN1C(=O)c1ccc(Cl)c(C#N)c1)C(=O)N([C@H](C)c1ccc(N2CCCC2=O)cc1)C[C@H]3C. The van der Waals surface area contributed by atoms with E-state index < -0.39 is 0 Å². The van der Waals surface area contributed by atoms with Crippen LogP contribution in [0.1, 0.15) is 88.9 Å². The number of nitriles is 1. The van der Waals surface area contributed by atoms with Crippen LogP contribution in [-0.4, -0.2) is 56.4 Å². The lowest BCUT2D eigenvalue weighted by molar-refractivity contribution is -0.117. The van der Waals surface area contributed by atoms with E-state index >= 15 is 0 Å². The number of aromatic nitrogens is 2. The molecule has 2 aromatic carbocycles. The van der Waals surface area contributed by atoms with Crippen LogP contribution in [0.2, 0.25) is 5.02 Å². The number of hydrogen-bond donors (Lipinski definition) is 0. The van der Waals surface area contributed by atoms with E-state index in [1.54, 1.807) is 17.0 Å². The van der Waals surface area contributed by atoms with E-state index in [-0.39, 0.29) is 48.0 Å². The standard InChI is InChI=1S/C31H31ClN6O3/c1-18-13-27-25(17-36(18)30(40)22-8-11-26(32)23(14-22)15-33)29-31(41)37(16-19(2)38(29)34-27)20(3)21-6-9-24(10-7-21)35-12-4-5-28(35)39/h6-11,14,18-20H,4-5,12-13,16-17H2,1-3H3/t18-,19-,20-/m1/s1.